The highest BCUT2D eigenvalue weighted by atomic mass is 16.5. The molecule has 0 radical (unpaired) electrons. The summed E-state index contributed by atoms with van der Waals surface area (Å²) in [6.07, 6.45) is 7.36. The van der Waals surface area contributed by atoms with Crippen LogP contribution in [0, 0.1) is 5.92 Å². The Morgan fingerprint density at radius 3 is 3.00 bits per heavy atom. The van der Waals surface area contributed by atoms with Gasteiger partial charge in [-0.05, 0) is 37.3 Å². The number of pyridine rings is 1. The molecule has 6 heteroatoms. The fourth-order valence-corrected chi connectivity index (χ4v) is 3.52. The first-order valence-corrected chi connectivity index (χ1v) is 9.14. The van der Waals surface area contributed by atoms with E-state index in [9.17, 15) is 0 Å². The second-order valence-electron chi connectivity index (χ2n) is 7.07. The average molecular weight is 342 g/mol. The van der Waals surface area contributed by atoms with Crippen LogP contribution in [0.5, 0.6) is 5.88 Å². The molecule has 6 nitrogen and oxygen atoms in total. The summed E-state index contributed by atoms with van der Waals surface area (Å²) in [5.74, 6) is 1.53. The molecule has 1 aliphatic heterocycles. The van der Waals surface area contributed by atoms with Crippen molar-refractivity contribution in [1.29, 1.82) is 0 Å². The Morgan fingerprint density at radius 2 is 2.16 bits per heavy atom. The van der Waals surface area contributed by atoms with Crippen molar-refractivity contribution >= 4 is 0 Å². The smallest absolute Gasteiger partial charge is 0.217 e. The third-order valence-corrected chi connectivity index (χ3v) is 5.04. The van der Waals surface area contributed by atoms with Gasteiger partial charge in [-0.3, -0.25) is 9.58 Å². The molecule has 0 aromatic carbocycles. The zero-order chi connectivity index (χ0) is 17.1. The van der Waals surface area contributed by atoms with Crippen molar-refractivity contribution in [3.63, 3.8) is 0 Å². The zero-order valence-electron chi connectivity index (χ0n) is 14.8. The first-order valence-electron chi connectivity index (χ1n) is 9.14. The second kappa shape index (κ2) is 7.54. The van der Waals surface area contributed by atoms with Crippen molar-refractivity contribution in [1.82, 2.24) is 19.7 Å². The second-order valence-corrected chi connectivity index (χ2v) is 7.07. The lowest BCUT2D eigenvalue weighted by atomic mass is 10.1. The highest BCUT2D eigenvalue weighted by Gasteiger charge is 2.26. The summed E-state index contributed by atoms with van der Waals surface area (Å²) in [6.45, 7) is 4.44. The predicted octanol–water partition coefficient (Wildman–Crippen LogP) is 2.66. The number of fused-ring (bicyclic) bond motifs is 1. The van der Waals surface area contributed by atoms with Crippen LogP contribution in [0.2, 0.25) is 0 Å². The highest BCUT2D eigenvalue weighted by Crippen LogP contribution is 2.29. The maximum Gasteiger partial charge on any atom is 0.217 e. The summed E-state index contributed by atoms with van der Waals surface area (Å²) < 4.78 is 13.4. The molecule has 0 bridgehead atoms. The standard InChI is InChI=1S/C19H26N4O2/c1-24-19-16(3-2-8-20-19)11-22-12-17-6-9-21-23(17)18(13-22)7-10-25-14-15-4-5-15/h2-3,6,8-9,15,18H,4-5,7,10-14H2,1H3. The molecule has 0 N–H and O–H groups in total. The predicted molar refractivity (Wildman–Crippen MR) is 94.3 cm³/mol. The van der Waals surface area contributed by atoms with Gasteiger partial charge in [0.2, 0.25) is 5.88 Å². The van der Waals surface area contributed by atoms with Gasteiger partial charge in [0.05, 0.1) is 18.8 Å². The van der Waals surface area contributed by atoms with Crippen molar-refractivity contribution < 1.29 is 9.47 Å². The first kappa shape index (κ1) is 16.5. The van der Waals surface area contributed by atoms with E-state index >= 15 is 0 Å². The number of nitrogens with zero attached hydrogens (tertiary/aromatic N) is 4. The van der Waals surface area contributed by atoms with Gasteiger partial charge >= 0.3 is 0 Å². The third kappa shape index (κ3) is 4.02. The van der Waals surface area contributed by atoms with E-state index in [0.29, 0.717) is 11.9 Å². The number of hydrogen-bond donors (Lipinski definition) is 0. The summed E-state index contributed by atoms with van der Waals surface area (Å²) in [7, 11) is 1.68. The van der Waals surface area contributed by atoms with Gasteiger partial charge in [-0.1, -0.05) is 6.07 Å². The van der Waals surface area contributed by atoms with Gasteiger partial charge in [-0.2, -0.15) is 5.10 Å². The largest absolute Gasteiger partial charge is 0.481 e. The van der Waals surface area contributed by atoms with Crippen LogP contribution >= 0.6 is 0 Å². The molecule has 134 valence electrons. The third-order valence-electron chi connectivity index (χ3n) is 5.04. The van der Waals surface area contributed by atoms with Gasteiger partial charge in [0.1, 0.15) is 0 Å². The van der Waals surface area contributed by atoms with E-state index < -0.39 is 0 Å². The summed E-state index contributed by atoms with van der Waals surface area (Å²) >= 11 is 0. The molecular weight excluding hydrogens is 316 g/mol. The Morgan fingerprint density at radius 1 is 1.24 bits per heavy atom. The van der Waals surface area contributed by atoms with Crippen LogP contribution in [0.4, 0.5) is 0 Å². The molecule has 1 unspecified atom stereocenters. The van der Waals surface area contributed by atoms with Gasteiger partial charge in [-0.25, -0.2) is 4.98 Å². The van der Waals surface area contributed by atoms with Crippen LogP contribution in [-0.4, -0.2) is 46.5 Å². The molecule has 2 aliphatic rings. The van der Waals surface area contributed by atoms with E-state index in [-0.39, 0.29) is 0 Å². The highest BCUT2D eigenvalue weighted by molar-refractivity contribution is 5.25. The maximum absolute atomic E-state index is 5.85. The summed E-state index contributed by atoms with van der Waals surface area (Å²) in [6, 6.07) is 6.53. The van der Waals surface area contributed by atoms with Crippen LogP contribution in [-0.2, 0) is 17.8 Å². The van der Waals surface area contributed by atoms with Crippen molar-refractivity contribution in [2.75, 3.05) is 26.9 Å². The van der Waals surface area contributed by atoms with E-state index in [2.05, 4.69) is 31.8 Å². The lowest BCUT2D eigenvalue weighted by Gasteiger charge is -2.34. The lowest BCUT2D eigenvalue weighted by molar-refractivity contribution is 0.0902. The maximum atomic E-state index is 5.85. The van der Waals surface area contributed by atoms with Gasteiger partial charge in [-0.15, -0.1) is 0 Å². The van der Waals surface area contributed by atoms with Crippen LogP contribution in [0.15, 0.2) is 30.6 Å². The Kier molecular flexibility index (Phi) is 4.99. The SMILES string of the molecule is COc1ncccc1CN1Cc2ccnn2C(CCOCC2CC2)C1. The fourth-order valence-electron chi connectivity index (χ4n) is 3.52. The molecule has 0 saturated heterocycles. The minimum Gasteiger partial charge on any atom is -0.481 e. The minimum absolute atomic E-state index is 0.362. The normalized spacial score (nSPS) is 20.4. The molecule has 4 rings (SSSR count). The summed E-state index contributed by atoms with van der Waals surface area (Å²) in [5, 5.41) is 4.54. The van der Waals surface area contributed by atoms with Gasteiger partial charge < -0.3 is 9.47 Å². The van der Waals surface area contributed by atoms with E-state index in [1.807, 2.05) is 12.3 Å². The number of ether oxygens (including phenoxy) is 2. The number of aromatic nitrogens is 3. The molecule has 1 fully saturated rings. The van der Waals surface area contributed by atoms with Gasteiger partial charge in [0.25, 0.3) is 0 Å². The van der Waals surface area contributed by atoms with Crippen LogP contribution in [0.25, 0.3) is 0 Å². The molecule has 0 amide bonds. The summed E-state index contributed by atoms with van der Waals surface area (Å²) in [4.78, 5) is 6.76. The molecule has 1 aliphatic carbocycles. The Bertz CT molecular complexity index is 698. The van der Waals surface area contributed by atoms with Crippen molar-refractivity contribution in [3.05, 3.63) is 41.9 Å². The van der Waals surface area contributed by atoms with E-state index in [4.69, 9.17) is 9.47 Å². The van der Waals surface area contributed by atoms with Gasteiger partial charge in [0.15, 0.2) is 0 Å². The van der Waals surface area contributed by atoms with Crippen LogP contribution in [0.3, 0.4) is 0 Å². The minimum atomic E-state index is 0.362. The lowest BCUT2D eigenvalue weighted by Crippen LogP contribution is -2.37. The molecular formula is C19H26N4O2. The molecule has 25 heavy (non-hydrogen) atoms. The number of hydrogen-bond acceptors (Lipinski definition) is 5. The monoisotopic (exact) mass is 342 g/mol. The molecule has 1 saturated carbocycles. The van der Waals surface area contributed by atoms with Crippen LogP contribution in [0.1, 0.15) is 36.6 Å². The zero-order valence-corrected chi connectivity index (χ0v) is 14.8. The Hall–Kier alpha value is -1.92. The molecule has 3 heterocycles. The molecule has 0 spiro atoms. The molecule has 2 aromatic heterocycles. The topological polar surface area (TPSA) is 52.4 Å². The van der Waals surface area contributed by atoms with Crippen molar-refractivity contribution in [2.45, 2.75) is 38.4 Å². The molecule has 2 aromatic rings. The first-order chi connectivity index (χ1) is 12.3. The number of rotatable bonds is 8. The summed E-state index contributed by atoms with van der Waals surface area (Å²) in [5.41, 5.74) is 2.39. The van der Waals surface area contributed by atoms with Crippen molar-refractivity contribution in [2.24, 2.45) is 5.92 Å². The number of methoxy groups -OCH3 is 1. The van der Waals surface area contributed by atoms with E-state index in [0.717, 1.165) is 50.8 Å². The average Bonchev–Trinajstić information content (AvgIpc) is 3.34. The van der Waals surface area contributed by atoms with Crippen LogP contribution < -0.4 is 4.74 Å². The van der Waals surface area contributed by atoms with Gasteiger partial charge in [0, 0.05) is 50.8 Å². The van der Waals surface area contributed by atoms with Crippen molar-refractivity contribution in [3.8, 4) is 5.88 Å². The Labute approximate surface area is 148 Å². The fraction of sp³-hybridized carbons (Fsp3) is 0.579. The van der Waals surface area contributed by atoms with E-state index in [1.54, 1.807) is 13.3 Å². The quantitative estimate of drug-likeness (QED) is 0.690. The van der Waals surface area contributed by atoms with E-state index in [1.165, 1.54) is 18.5 Å². The molecule has 1 atom stereocenters. The Balaban J connectivity index is 1.40.